The summed E-state index contributed by atoms with van der Waals surface area (Å²) in [6.07, 6.45) is 0.853. The van der Waals surface area contributed by atoms with E-state index in [-0.39, 0.29) is 12.5 Å². The predicted molar refractivity (Wildman–Crippen MR) is 98.8 cm³/mol. The smallest absolute Gasteiger partial charge is 0.257 e. The van der Waals surface area contributed by atoms with Crippen molar-refractivity contribution < 1.29 is 9.53 Å². The Morgan fingerprint density at radius 3 is 2.71 bits per heavy atom. The Bertz CT molecular complexity index is 780. The van der Waals surface area contributed by atoms with Crippen molar-refractivity contribution in [1.29, 1.82) is 0 Å². The summed E-state index contributed by atoms with van der Waals surface area (Å²) in [5.74, 6) is 0.576. The van der Waals surface area contributed by atoms with E-state index in [0.29, 0.717) is 12.3 Å². The van der Waals surface area contributed by atoms with Crippen molar-refractivity contribution in [2.24, 2.45) is 0 Å². The number of thiazole rings is 1. The molecule has 0 aliphatic carbocycles. The molecule has 1 aromatic carbocycles. The minimum Gasteiger partial charge on any atom is -0.484 e. The third-order valence-corrected chi connectivity index (χ3v) is 5.31. The first-order valence-electron chi connectivity index (χ1n) is 7.65. The van der Waals surface area contributed by atoms with Crippen LogP contribution in [0.2, 0.25) is 0 Å². The number of amides is 1. The molecule has 124 valence electrons. The monoisotopic (exact) mass is 358 g/mol. The maximum Gasteiger partial charge on any atom is 0.257 e. The van der Waals surface area contributed by atoms with E-state index in [1.165, 1.54) is 4.88 Å². The van der Waals surface area contributed by atoms with Crippen LogP contribution in [-0.4, -0.2) is 24.0 Å². The van der Waals surface area contributed by atoms with Crippen LogP contribution in [0, 0.1) is 6.92 Å². The van der Waals surface area contributed by atoms with Crippen molar-refractivity contribution in [1.82, 2.24) is 10.3 Å². The molecule has 0 radical (unpaired) electrons. The molecule has 2 heterocycles. The van der Waals surface area contributed by atoms with Crippen molar-refractivity contribution in [3.63, 3.8) is 0 Å². The first-order valence-corrected chi connectivity index (χ1v) is 9.41. The van der Waals surface area contributed by atoms with Gasteiger partial charge in [0.1, 0.15) is 10.8 Å². The summed E-state index contributed by atoms with van der Waals surface area (Å²) in [5, 5.41) is 7.92. The number of nitrogens with zero attached hydrogens (tertiary/aromatic N) is 1. The Balaban J connectivity index is 1.43. The van der Waals surface area contributed by atoms with Crippen molar-refractivity contribution in [2.75, 3.05) is 13.2 Å². The maximum atomic E-state index is 11.8. The summed E-state index contributed by atoms with van der Waals surface area (Å²) in [5.41, 5.74) is 2.08. The molecule has 0 bridgehead atoms. The molecule has 0 aliphatic rings. The van der Waals surface area contributed by atoms with E-state index in [2.05, 4.69) is 16.4 Å². The van der Waals surface area contributed by atoms with E-state index < -0.39 is 0 Å². The number of ether oxygens (including phenoxy) is 1. The molecule has 0 aliphatic heterocycles. The van der Waals surface area contributed by atoms with Gasteiger partial charge in [-0.1, -0.05) is 6.07 Å². The molecule has 0 fully saturated rings. The lowest BCUT2D eigenvalue weighted by atomic mass is 10.2. The summed E-state index contributed by atoms with van der Waals surface area (Å²) in [6.45, 7) is 2.64. The van der Waals surface area contributed by atoms with Crippen molar-refractivity contribution in [3.8, 4) is 16.3 Å². The molecular weight excluding hydrogens is 340 g/mol. The van der Waals surface area contributed by atoms with Gasteiger partial charge in [-0.05, 0) is 49.1 Å². The van der Waals surface area contributed by atoms with Gasteiger partial charge in [-0.15, -0.1) is 22.7 Å². The minimum absolute atomic E-state index is 0.0279. The zero-order chi connectivity index (χ0) is 16.8. The highest BCUT2D eigenvalue weighted by Gasteiger charge is 2.05. The highest BCUT2D eigenvalue weighted by molar-refractivity contribution is 7.13. The van der Waals surface area contributed by atoms with Crippen molar-refractivity contribution >= 4 is 28.6 Å². The van der Waals surface area contributed by atoms with Gasteiger partial charge in [0.05, 0.1) is 0 Å². The van der Waals surface area contributed by atoms with Crippen molar-refractivity contribution in [2.45, 2.75) is 13.3 Å². The maximum absolute atomic E-state index is 11.8. The SMILES string of the molecule is Cc1csc(-c2ccc(OCC(=O)NCCc3cccs3)cc2)n1. The van der Waals surface area contributed by atoms with Crippen LogP contribution in [0.25, 0.3) is 10.6 Å². The molecule has 0 unspecified atom stereocenters. The van der Waals surface area contributed by atoms with Gasteiger partial charge in [-0.3, -0.25) is 4.79 Å². The van der Waals surface area contributed by atoms with E-state index in [9.17, 15) is 4.79 Å². The standard InChI is InChI=1S/C18H18N2O2S2/c1-13-12-24-18(20-13)14-4-6-15(7-5-14)22-11-17(21)19-9-8-16-3-2-10-23-16/h2-7,10,12H,8-9,11H2,1H3,(H,19,21). The quantitative estimate of drug-likeness (QED) is 0.696. The fourth-order valence-corrected chi connectivity index (χ4v) is 3.67. The molecule has 0 spiro atoms. The highest BCUT2D eigenvalue weighted by Crippen LogP contribution is 2.25. The van der Waals surface area contributed by atoms with E-state index in [0.717, 1.165) is 22.7 Å². The van der Waals surface area contributed by atoms with Gasteiger partial charge in [-0.25, -0.2) is 4.98 Å². The number of hydrogen-bond donors (Lipinski definition) is 1. The fraction of sp³-hybridized carbons (Fsp3) is 0.222. The first kappa shape index (κ1) is 16.7. The third-order valence-electron chi connectivity index (χ3n) is 3.36. The van der Waals surface area contributed by atoms with Crippen LogP contribution in [0.3, 0.4) is 0 Å². The Kier molecular flexibility index (Phi) is 5.61. The number of rotatable bonds is 7. The normalized spacial score (nSPS) is 10.5. The average Bonchev–Trinajstić information content (AvgIpc) is 3.25. The summed E-state index contributed by atoms with van der Waals surface area (Å²) in [7, 11) is 0. The van der Waals surface area contributed by atoms with Gasteiger partial charge < -0.3 is 10.1 Å². The molecule has 0 atom stereocenters. The molecular formula is C18H18N2O2S2. The van der Waals surface area contributed by atoms with Crippen LogP contribution in [0.4, 0.5) is 0 Å². The van der Waals surface area contributed by atoms with Crippen LogP contribution in [0.15, 0.2) is 47.2 Å². The third kappa shape index (κ3) is 4.66. The lowest BCUT2D eigenvalue weighted by molar-refractivity contribution is -0.123. The number of aromatic nitrogens is 1. The molecule has 3 aromatic rings. The Morgan fingerprint density at radius 1 is 1.21 bits per heavy atom. The molecule has 0 saturated heterocycles. The summed E-state index contributed by atoms with van der Waals surface area (Å²) >= 11 is 3.32. The number of hydrogen-bond acceptors (Lipinski definition) is 5. The average molecular weight is 358 g/mol. The van der Waals surface area contributed by atoms with E-state index in [4.69, 9.17) is 4.74 Å². The molecule has 1 amide bonds. The molecule has 1 N–H and O–H groups in total. The van der Waals surface area contributed by atoms with Crippen LogP contribution >= 0.6 is 22.7 Å². The lowest BCUT2D eigenvalue weighted by Gasteiger charge is -2.07. The first-order chi connectivity index (χ1) is 11.7. The van der Waals surface area contributed by atoms with Gasteiger partial charge in [0.15, 0.2) is 6.61 Å². The van der Waals surface area contributed by atoms with Crippen LogP contribution in [0.5, 0.6) is 5.75 Å². The molecule has 2 aromatic heterocycles. The van der Waals surface area contributed by atoms with Crippen molar-refractivity contribution in [3.05, 3.63) is 57.7 Å². The molecule has 0 saturated carbocycles. The minimum atomic E-state index is -0.105. The zero-order valence-corrected chi connectivity index (χ0v) is 15.0. The van der Waals surface area contributed by atoms with Gasteiger partial charge >= 0.3 is 0 Å². The van der Waals surface area contributed by atoms with Gasteiger partial charge in [-0.2, -0.15) is 0 Å². The zero-order valence-electron chi connectivity index (χ0n) is 13.3. The number of carbonyl (C=O) groups excluding carboxylic acids is 1. The molecule has 4 nitrogen and oxygen atoms in total. The van der Waals surface area contributed by atoms with Gasteiger partial charge in [0.2, 0.25) is 0 Å². The van der Waals surface area contributed by atoms with Gasteiger partial charge in [0.25, 0.3) is 5.91 Å². The van der Waals surface area contributed by atoms with E-state index in [1.54, 1.807) is 22.7 Å². The van der Waals surface area contributed by atoms with Crippen LogP contribution in [0.1, 0.15) is 10.6 Å². The van der Waals surface area contributed by atoms with E-state index >= 15 is 0 Å². The van der Waals surface area contributed by atoms with Crippen LogP contribution in [-0.2, 0) is 11.2 Å². The van der Waals surface area contributed by atoms with Crippen LogP contribution < -0.4 is 10.1 Å². The number of carbonyl (C=O) groups is 1. The second kappa shape index (κ2) is 8.08. The molecule has 6 heteroatoms. The lowest BCUT2D eigenvalue weighted by Crippen LogP contribution is -2.30. The summed E-state index contributed by atoms with van der Waals surface area (Å²) in [4.78, 5) is 17.5. The number of nitrogens with one attached hydrogen (secondary N) is 1. The number of benzene rings is 1. The number of aryl methyl sites for hydroxylation is 1. The Labute approximate surface area is 149 Å². The topological polar surface area (TPSA) is 51.2 Å². The Hall–Kier alpha value is -2.18. The second-order valence-electron chi connectivity index (χ2n) is 5.29. The summed E-state index contributed by atoms with van der Waals surface area (Å²) in [6, 6.07) is 11.7. The molecule has 3 rings (SSSR count). The molecule has 24 heavy (non-hydrogen) atoms. The van der Waals surface area contributed by atoms with E-state index in [1.807, 2.05) is 48.0 Å². The second-order valence-corrected chi connectivity index (χ2v) is 7.18. The largest absolute Gasteiger partial charge is 0.484 e. The number of thiophene rings is 1. The Morgan fingerprint density at radius 2 is 2.04 bits per heavy atom. The predicted octanol–water partition coefficient (Wildman–Crippen LogP) is 3.92. The van der Waals surface area contributed by atoms with Gasteiger partial charge in [0, 0.05) is 28.1 Å². The summed E-state index contributed by atoms with van der Waals surface area (Å²) < 4.78 is 5.53. The fourth-order valence-electron chi connectivity index (χ4n) is 2.16. The highest BCUT2D eigenvalue weighted by atomic mass is 32.1.